The molecule has 0 bridgehead atoms. The molecule has 0 spiro atoms. The molecule has 0 N–H and O–H groups in total. The zero-order valence-corrected chi connectivity index (χ0v) is 10.1. The van der Waals surface area contributed by atoms with E-state index in [1.165, 1.54) is 6.42 Å². The summed E-state index contributed by atoms with van der Waals surface area (Å²) in [4.78, 5) is 0.905. The van der Waals surface area contributed by atoms with Crippen LogP contribution in [0.4, 0.5) is 0 Å². The van der Waals surface area contributed by atoms with E-state index in [9.17, 15) is 0 Å². The van der Waals surface area contributed by atoms with E-state index in [0.717, 1.165) is 4.90 Å². The average Bonchev–Trinajstić information content (AvgIpc) is 2.07. The van der Waals surface area contributed by atoms with E-state index in [-0.39, 0.29) is 35.9 Å². The van der Waals surface area contributed by atoms with E-state index >= 15 is 0 Å². The van der Waals surface area contributed by atoms with Crippen LogP contribution >= 0.6 is 0 Å². The molecule has 0 radical (unpaired) electrons. The normalized spacial score (nSPS) is 6.92. The Balaban J connectivity index is -0.000000150. The van der Waals surface area contributed by atoms with E-state index in [1.54, 1.807) is 0 Å². The fraction of sp³-hybridized carbons (Fsp3) is 0.300. The van der Waals surface area contributed by atoms with Crippen LogP contribution in [0.5, 0.6) is 0 Å². The van der Waals surface area contributed by atoms with Gasteiger partial charge in [-0.1, -0.05) is 37.3 Å². The third-order valence-corrected chi connectivity index (χ3v) is 1.42. The average molecular weight is 237 g/mol. The van der Waals surface area contributed by atoms with Crippen molar-refractivity contribution in [3.8, 4) is 0 Å². The first-order valence-corrected chi connectivity index (χ1v) is 4.22. The quantitative estimate of drug-likeness (QED) is 0.382. The number of hydrogen-bond acceptors (Lipinski definition) is 1. The molecule has 72 valence electrons. The Morgan fingerprint density at radius 1 is 1.23 bits per heavy atom. The zero-order chi connectivity index (χ0) is 8.53. The molecule has 1 aromatic carbocycles. The third kappa shape index (κ3) is 15.3. The maximum absolute atomic E-state index is 4.81. The molecule has 0 unspecified atom stereocenters. The number of unbranched alkanes of at least 4 members (excludes halogenated alkanes) is 1. The van der Waals surface area contributed by atoms with Crippen LogP contribution < -0.4 is 18.9 Å². The Hall–Kier alpha value is 0.557. The van der Waals surface area contributed by atoms with Gasteiger partial charge in [0.15, 0.2) is 0 Å². The molecule has 0 aliphatic carbocycles. The van der Waals surface area contributed by atoms with Gasteiger partial charge in [-0.3, -0.25) is 0 Å². The number of benzene rings is 1. The van der Waals surface area contributed by atoms with Gasteiger partial charge in [0.2, 0.25) is 0 Å². The largest absolute Gasteiger partial charge is 1.00 e. The van der Waals surface area contributed by atoms with Crippen molar-refractivity contribution in [1.82, 2.24) is 0 Å². The van der Waals surface area contributed by atoms with Gasteiger partial charge in [0, 0.05) is 0 Å². The predicted octanol–water partition coefficient (Wildman–Crippen LogP) is 0.214. The van der Waals surface area contributed by atoms with Crippen LogP contribution in [-0.4, -0.2) is 0 Å². The molecular formula is C10H14CuLiS. The van der Waals surface area contributed by atoms with E-state index in [4.69, 9.17) is 12.6 Å². The van der Waals surface area contributed by atoms with Crippen LogP contribution in [0.3, 0.4) is 0 Å². The second-order valence-electron chi connectivity index (χ2n) is 2.13. The van der Waals surface area contributed by atoms with E-state index in [2.05, 4.69) is 20.3 Å². The molecule has 0 heterocycles. The summed E-state index contributed by atoms with van der Waals surface area (Å²) >= 11 is 4.81. The van der Waals surface area contributed by atoms with Crippen molar-refractivity contribution in [2.45, 2.75) is 25.2 Å². The third-order valence-electron chi connectivity index (χ3n) is 1.15. The van der Waals surface area contributed by atoms with Crippen molar-refractivity contribution in [3.63, 3.8) is 0 Å². The smallest absolute Gasteiger partial charge is 0.780 e. The Morgan fingerprint density at radius 2 is 1.62 bits per heavy atom. The Bertz CT molecular complexity index is 166. The minimum Gasteiger partial charge on any atom is -0.780 e. The summed E-state index contributed by atoms with van der Waals surface area (Å²) in [7, 11) is 0. The van der Waals surface area contributed by atoms with Crippen LogP contribution in [0.2, 0.25) is 0 Å². The van der Waals surface area contributed by atoms with Crippen LogP contribution in [0.25, 0.3) is 0 Å². The number of rotatable bonds is 1. The Labute approximate surface area is 110 Å². The molecule has 0 saturated carbocycles. The van der Waals surface area contributed by atoms with Gasteiger partial charge in [0.25, 0.3) is 0 Å². The van der Waals surface area contributed by atoms with Gasteiger partial charge in [-0.05, 0) is 0 Å². The van der Waals surface area contributed by atoms with Crippen molar-refractivity contribution >= 4 is 12.6 Å². The van der Waals surface area contributed by atoms with Gasteiger partial charge < -0.3 is 19.0 Å². The summed E-state index contributed by atoms with van der Waals surface area (Å²) in [6.07, 6.45) is 3.32. The molecular weight excluding hydrogens is 223 g/mol. The van der Waals surface area contributed by atoms with Gasteiger partial charge in [-0.25, -0.2) is 0 Å². The summed E-state index contributed by atoms with van der Waals surface area (Å²) in [6.45, 7) is 4.18. The second-order valence-corrected chi connectivity index (χ2v) is 2.60. The fourth-order valence-corrected chi connectivity index (χ4v) is 0.578. The van der Waals surface area contributed by atoms with Gasteiger partial charge >= 0.3 is 35.9 Å². The zero-order valence-electron chi connectivity index (χ0n) is 8.38. The van der Waals surface area contributed by atoms with Crippen molar-refractivity contribution in [2.24, 2.45) is 0 Å². The second kappa shape index (κ2) is 15.0. The van der Waals surface area contributed by atoms with Crippen molar-refractivity contribution < 1.29 is 35.9 Å². The fourth-order valence-electron chi connectivity index (χ4n) is 0.420. The van der Waals surface area contributed by atoms with Crippen molar-refractivity contribution in [2.75, 3.05) is 0 Å². The molecule has 0 aliphatic heterocycles. The van der Waals surface area contributed by atoms with Crippen LogP contribution in [0.1, 0.15) is 20.3 Å². The maximum atomic E-state index is 4.81. The van der Waals surface area contributed by atoms with E-state index < -0.39 is 0 Å². The Morgan fingerprint density at radius 3 is 1.77 bits per heavy atom. The molecule has 13 heavy (non-hydrogen) atoms. The molecule has 0 atom stereocenters. The monoisotopic (exact) mass is 236 g/mol. The minimum absolute atomic E-state index is 0. The molecule has 0 nitrogen and oxygen atoms in total. The molecule has 0 amide bonds. The molecule has 1 rings (SSSR count). The van der Waals surface area contributed by atoms with Crippen molar-refractivity contribution in [3.05, 3.63) is 36.8 Å². The van der Waals surface area contributed by atoms with Crippen LogP contribution in [0, 0.1) is 6.42 Å². The molecule has 0 aromatic heterocycles. The van der Waals surface area contributed by atoms with E-state index in [1.807, 2.05) is 30.3 Å². The Kier molecular flexibility index (Phi) is 22.2. The maximum Gasteiger partial charge on any atom is 1.00 e. The van der Waals surface area contributed by atoms with E-state index in [0.29, 0.717) is 0 Å². The van der Waals surface area contributed by atoms with Crippen LogP contribution in [0.15, 0.2) is 35.2 Å². The first kappa shape index (κ1) is 19.2. The predicted molar refractivity (Wildman–Crippen MR) is 52.3 cm³/mol. The van der Waals surface area contributed by atoms with Crippen LogP contribution in [-0.2, 0) is 29.7 Å². The first-order chi connectivity index (χ1) is 5.31. The molecule has 0 aliphatic rings. The summed E-state index contributed by atoms with van der Waals surface area (Å²) in [5, 5.41) is 0. The first-order valence-electron chi connectivity index (χ1n) is 3.81. The molecule has 3 heteroatoms. The molecule has 1 aromatic rings. The number of hydrogen-bond donors (Lipinski definition) is 0. The van der Waals surface area contributed by atoms with Gasteiger partial charge in [-0.2, -0.15) is 18.2 Å². The standard InChI is InChI=1S/C6H6S.C4H9.Cu.Li/c7-6-4-2-1-3-5-6;1-3-4-2;;/h1-5,7H;3H,4H2,1-2H3;;/q;-1;2*+1/p-1. The SMILES string of the molecule is C[CH-]CC.[Cu+].[Li+].[S-]c1ccccc1. The topological polar surface area (TPSA) is 0 Å². The summed E-state index contributed by atoms with van der Waals surface area (Å²) in [6, 6.07) is 9.62. The van der Waals surface area contributed by atoms with Gasteiger partial charge in [-0.15, -0.1) is 0 Å². The summed E-state index contributed by atoms with van der Waals surface area (Å²) in [5.74, 6) is 0. The minimum atomic E-state index is 0. The molecule has 0 fully saturated rings. The summed E-state index contributed by atoms with van der Waals surface area (Å²) < 4.78 is 0. The van der Waals surface area contributed by atoms with Gasteiger partial charge in [0.1, 0.15) is 0 Å². The van der Waals surface area contributed by atoms with Crippen molar-refractivity contribution in [1.29, 1.82) is 0 Å². The van der Waals surface area contributed by atoms with Gasteiger partial charge in [0.05, 0.1) is 0 Å². The summed E-state index contributed by atoms with van der Waals surface area (Å²) in [5.41, 5.74) is 0. The molecule has 0 saturated heterocycles.